The summed E-state index contributed by atoms with van der Waals surface area (Å²) >= 11 is 0. The van der Waals surface area contributed by atoms with Gasteiger partial charge >= 0.3 is 6.18 Å². The average Bonchev–Trinajstić information content (AvgIpc) is 2.64. The minimum Gasteiger partial charge on any atom is -0.356 e. The molecule has 27 heavy (non-hydrogen) atoms. The molecule has 0 unspecified atom stereocenters. The molecule has 1 fully saturated rings. The first-order valence-electron chi connectivity index (χ1n) is 8.79. The summed E-state index contributed by atoms with van der Waals surface area (Å²) in [7, 11) is -1.98. The van der Waals surface area contributed by atoms with Gasteiger partial charge in [0.05, 0.1) is 11.3 Å². The van der Waals surface area contributed by atoms with Gasteiger partial charge in [-0.05, 0) is 30.9 Å². The second kappa shape index (κ2) is 9.41. The van der Waals surface area contributed by atoms with Crippen molar-refractivity contribution in [1.82, 2.24) is 14.9 Å². The van der Waals surface area contributed by atoms with E-state index in [1.807, 2.05) is 0 Å². The largest absolute Gasteiger partial charge is 0.390 e. The lowest BCUT2D eigenvalue weighted by molar-refractivity contribution is -0.132. The first kappa shape index (κ1) is 21.5. The van der Waals surface area contributed by atoms with E-state index in [2.05, 4.69) is 15.6 Å². The first-order valence-corrected chi connectivity index (χ1v) is 10.2. The molecule has 10 heteroatoms. The Morgan fingerprint density at radius 2 is 1.81 bits per heavy atom. The van der Waals surface area contributed by atoms with Crippen LogP contribution in [0.1, 0.15) is 19.3 Å². The average molecular weight is 406 g/mol. The van der Waals surface area contributed by atoms with Gasteiger partial charge in [-0.25, -0.2) is 8.42 Å². The molecule has 2 rings (SSSR count). The summed E-state index contributed by atoms with van der Waals surface area (Å²) in [6, 6.07) is 8.33. The Morgan fingerprint density at radius 3 is 2.37 bits per heavy atom. The third-order valence-electron chi connectivity index (χ3n) is 4.44. The van der Waals surface area contributed by atoms with Crippen LogP contribution in [-0.2, 0) is 10.0 Å². The van der Waals surface area contributed by atoms with Crippen molar-refractivity contribution < 1.29 is 21.6 Å². The van der Waals surface area contributed by atoms with Gasteiger partial charge in [-0.15, -0.1) is 0 Å². The quantitative estimate of drug-likeness (QED) is 0.561. The molecular weight excluding hydrogens is 381 g/mol. The second-order valence-electron chi connectivity index (χ2n) is 6.41. The predicted octanol–water partition coefficient (Wildman–Crippen LogP) is 2.20. The monoisotopic (exact) mass is 406 g/mol. The number of hydrogen-bond donors (Lipinski definition) is 2. The maximum Gasteiger partial charge on any atom is 0.390 e. The second-order valence-corrected chi connectivity index (χ2v) is 8.34. The Balaban J connectivity index is 1.77. The standard InChI is InChI=1S/C17H25F3N4O2S/c1-21-16(22-10-9-17(18,19)20)23-13-14-7-11-24(12-8-14)27(25,26)15-5-3-2-4-6-15/h2-6,14H,7-13H2,1H3,(H2,21,22,23). The molecule has 1 aromatic carbocycles. The van der Waals surface area contributed by atoms with Crippen LogP contribution in [0.25, 0.3) is 0 Å². The highest BCUT2D eigenvalue weighted by molar-refractivity contribution is 7.89. The Morgan fingerprint density at radius 1 is 1.19 bits per heavy atom. The third kappa shape index (κ3) is 6.69. The van der Waals surface area contributed by atoms with Gasteiger partial charge in [-0.1, -0.05) is 18.2 Å². The number of piperidine rings is 1. The molecule has 1 saturated heterocycles. The number of guanidine groups is 1. The Kier molecular flexibility index (Phi) is 7.49. The summed E-state index contributed by atoms with van der Waals surface area (Å²) < 4.78 is 63.2. The van der Waals surface area contributed by atoms with E-state index in [0.29, 0.717) is 38.4 Å². The summed E-state index contributed by atoms with van der Waals surface area (Å²) in [5.41, 5.74) is 0. The maximum absolute atomic E-state index is 12.6. The lowest BCUT2D eigenvalue weighted by Crippen LogP contribution is -2.44. The van der Waals surface area contributed by atoms with Gasteiger partial charge in [0, 0.05) is 33.2 Å². The van der Waals surface area contributed by atoms with Crippen molar-refractivity contribution in [3.8, 4) is 0 Å². The number of alkyl halides is 3. The molecular formula is C17H25F3N4O2S. The van der Waals surface area contributed by atoms with Crippen molar-refractivity contribution in [2.75, 3.05) is 33.2 Å². The topological polar surface area (TPSA) is 73.8 Å². The minimum atomic E-state index is -4.21. The molecule has 0 amide bonds. The van der Waals surface area contributed by atoms with E-state index in [-0.39, 0.29) is 17.4 Å². The van der Waals surface area contributed by atoms with E-state index in [1.54, 1.807) is 30.3 Å². The molecule has 152 valence electrons. The summed E-state index contributed by atoms with van der Waals surface area (Å²) in [4.78, 5) is 4.19. The molecule has 0 radical (unpaired) electrons. The molecule has 1 aliphatic rings. The number of benzene rings is 1. The van der Waals surface area contributed by atoms with E-state index < -0.39 is 22.6 Å². The fourth-order valence-electron chi connectivity index (χ4n) is 2.88. The number of sulfonamides is 1. The van der Waals surface area contributed by atoms with Crippen molar-refractivity contribution in [3.63, 3.8) is 0 Å². The van der Waals surface area contributed by atoms with Crippen molar-refractivity contribution in [3.05, 3.63) is 30.3 Å². The number of rotatable bonds is 6. The van der Waals surface area contributed by atoms with E-state index in [4.69, 9.17) is 0 Å². The van der Waals surface area contributed by atoms with E-state index in [0.717, 1.165) is 0 Å². The number of hydrogen-bond acceptors (Lipinski definition) is 3. The van der Waals surface area contributed by atoms with Crippen LogP contribution in [0.3, 0.4) is 0 Å². The van der Waals surface area contributed by atoms with Crippen LogP contribution < -0.4 is 10.6 Å². The number of aliphatic imine (C=N–C) groups is 1. The van der Waals surface area contributed by atoms with Crippen LogP contribution in [0, 0.1) is 5.92 Å². The van der Waals surface area contributed by atoms with Crippen LogP contribution in [0.4, 0.5) is 13.2 Å². The minimum absolute atomic E-state index is 0.230. The molecule has 0 aromatic heterocycles. The van der Waals surface area contributed by atoms with Gasteiger partial charge in [0.1, 0.15) is 0 Å². The van der Waals surface area contributed by atoms with Crippen molar-refractivity contribution in [2.45, 2.75) is 30.3 Å². The molecule has 2 N–H and O–H groups in total. The molecule has 1 aromatic rings. The van der Waals surface area contributed by atoms with Crippen LogP contribution >= 0.6 is 0 Å². The molecule has 1 aliphatic heterocycles. The van der Waals surface area contributed by atoms with Crippen molar-refractivity contribution in [2.24, 2.45) is 10.9 Å². The maximum atomic E-state index is 12.6. The smallest absolute Gasteiger partial charge is 0.356 e. The van der Waals surface area contributed by atoms with Gasteiger partial charge in [0.15, 0.2) is 5.96 Å². The lowest BCUT2D eigenvalue weighted by atomic mass is 9.98. The Labute approximate surface area is 157 Å². The fourth-order valence-corrected chi connectivity index (χ4v) is 4.37. The van der Waals surface area contributed by atoms with Crippen molar-refractivity contribution >= 4 is 16.0 Å². The number of halogens is 3. The van der Waals surface area contributed by atoms with Crippen LogP contribution in [0.5, 0.6) is 0 Å². The highest BCUT2D eigenvalue weighted by atomic mass is 32.2. The zero-order valence-corrected chi connectivity index (χ0v) is 16.0. The van der Waals surface area contributed by atoms with E-state index in [9.17, 15) is 21.6 Å². The van der Waals surface area contributed by atoms with Gasteiger partial charge in [-0.3, -0.25) is 4.99 Å². The van der Waals surface area contributed by atoms with Crippen LogP contribution in [0.15, 0.2) is 40.2 Å². The van der Waals surface area contributed by atoms with E-state index in [1.165, 1.54) is 11.4 Å². The number of nitrogens with zero attached hydrogens (tertiary/aromatic N) is 2. The fraction of sp³-hybridized carbons (Fsp3) is 0.588. The van der Waals surface area contributed by atoms with Gasteiger partial charge in [-0.2, -0.15) is 17.5 Å². The van der Waals surface area contributed by atoms with Crippen LogP contribution in [-0.4, -0.2) is 58.1 Å². The first-order chi connectivity index (χ1) is 12.7. The molecule has 0 saturated carbocycles. The Hall–Kier alpha value is -1.81. The summed E-state index contributed by atoms with van der Waals surface area (Å²) in [5, 5.41) is 5.65. The molecule has 0 spiro atoms. The molecule has 0 aliphatic carbocycles. The Bertz CT molecular complexity index is 715. The highest BCUT2D eigenvalue weighted by Gasteiger charge is 2.29. The summed E-state index contributed by atoms with van der Waals surface area (Å²) in [6.45, 7) is 1.13. The van der Waals surface area contributed by atoms with Crippen molar-refractivity contribution in [1.29, 1.82) is 0 Å². The highest BCUT2D eigenvalue weighted by Crippen LogP contribution is 2.23. The van der Waals surface area contributed by atoms with Gasteiger partial charge < -0.3 is 10.6 Å². The van der Waals surface area contributed by atoms with Crippen LogP contribution in [0.2, 0.25) is 0 Å². The summed E-state index contributed by atoms with van der Waals surface area (Å²) in [5.74, 6) is 0.548. The molecule has 1 heterocycles. The normalized spacial score (nSPS) is 17.7. The zero-order valence-electron chi connectivity index (χ0n) is 15.2. The third-order valence-corrected chi connectivity index (χ3v) is 6.35. The molecule has 0 bridgehead atoms. The molecule has 6 nitrogen and oxygen atoms in total. The van der Waals surface area contributed by atoms with Gasteiger partial charge in [0.2, 0.25) is 10.0 Å². The van der Waals surface area contributed by atoms with Gasteiger partial charge in [0.25, 0.3) is 0 Å². The lowest BCUT2D eigenvalue weighted by Gasteiger charge is -2.31. The summed E-state index contributed by atoms with van der Waals surface area (Å²) in [6.07, 6.45) is -3.77. The zero-order chi connectivity index (χ0) is 19.9. The van der Waals surface area contributed by atoms with E-state index >= 15 is 0 Å². The molecule has 0 atom stereocenters. The predicted molar refractivity (Wildman–Crippen MR) is 98.0 cm³/mol. The SMILES string of the molecule is CN=C(NCCC(F)(F)F)NCC1CCN(S(=O)(=O)c2ccccc2)CC1. The number of nitrogens with one attached hydrogen (secondary N) is 2.